The summed E-state index contributed by atoms with van der Waals surface area (Å²) in [4.78, 5) is 23.2. The lowest BCUT2D eigenvalue weighted by Crippen LogP contribution is -2.51. The molecule has 1 rings (SSSR count). The molecule has 1 aliphatic carbocycles. The zero-order chi connectivity index (χ0) is 12.3. The summed E-state index contributed by atoms with van der Waals surface area (Å²) in [7, 11) is 0. The maximum Gasteiger partial charge on any atom is 0.246 e. The van der Waals surface area contributed by atoms with Crippen LogP contribution in [0, 0.1) is 5.92 Å². The Kier molecular flexibility index (Phi) is 4.24. The maximum atomic E-state index is 12.0. The van der Waals surface area contributed by atoms with Crippen molar-refractivity contribution >= 4 is 23.6 Å². The molecule has 0 unspecified atom stereocenters. The Morgan fingerprint density at radius 1 is 1.50 bits per heavy atom. The van der Waals surface area contributed by atoms with Crippen molar-refractivity contribution in [1.29, 1.82) is 0 Å². The van der Waals surface area contributed by atoms with Crippen LogP contribution < -0.4 is 10.6 Å². The fourth-order valence-electron chi connectivity index (χ4n) is 1.93. The number of carbonyl (C=O) groups excluding carboxylic acids is 2. The number of hydrogen-bond acceptors (Lipinski definition) is 3. The molecule has 2 atom stereocenters. The van der Waals surface area contributed by atoms with Gasteiger partial charge in [0, 0.05) is 18.9 Å². The Labute approximate surface area is 101 Å². The summed E-state index contributed by atoms with van der Waals surface area (Å²) >= 11 is 1.71. The topological polar surface area (TPSA) is 58.2 Å². The smallest absolute Gasteiger partial charge is 0.246 e. The predicted molar refractivity (Wildman–Crippen MR) is 66.3 cm³/mol. The van der Waals surface area contributed by atoms with E-state index in [-0.39, 0.29) is 23.8 Å². The first kappa shape index (κ1) is 13.4. The molecule has 16 heavy (non-hydrogen) atoms. The van der Waals surface area contributed by atoms with E-state index < -0.39 is 5.54 Å². The summed E-state index contributed by atoms with van der Waals surface area (Å²) in [5.74, 6) is 0.996. The third kappa shape index (κ3) is 2.90. The molecule has 0 radical (unpaired) electrons. The minimum Gasteiger partial charge on any atom is -0.352 e. The van der Waals surface area contributed by atoms with E-state index in [2.05, 4.69) is 10.6 Å². The summed E-state index contributed by atoms with van der Waals surface area (Å²) in [6.45, 7) is 5.30. The number of amides is 2. The van der Waals surface area contributed by atoms with Gasteiger partial charge in [-0.15, -0.1) is 0 Å². The van der Waals surface area contributed by atoms with Crippen molar-refractivity contribution in [3.05, 3.63) is 0 Å². The van der Waals surface area contributed by atoms with Crippen molar-refractivity contribution in [3.63, 3.8) is 0 Å². The summed E-state index contributed by atoms with van der Waals surface area (Å²) in [6, 6.07) is 0.105. The van der Waals surface area contributed by atoms with Gasteiger partial charge in [-0.05, 0) is 32.3 Å². The molecule has 0 spiro atoms. The number of rotatable bonds is 5. The third-order valence-electron chi connectivity index (χ3n) is 2.70. The normalized spacial score (nSPS) is 27.7. The van der Waals surface area contributed by atoms with Crippen LogP contribution in [0.1, 0.15) is 27.2 Å². The molecule has 2 amide bonds. The third-order valence-corrected chi connectivity index (χ3v) is 3.43. The van der Waals surface area contributed by atoms with Crippen LogP contribution in [0.15, 0.2) is 0 Å². The van der Waals surface area contributed by atoms with Gasteiger partial charge in [0.25, 0.3) is 0 Å². The van der Waals surface area contributed by atoms with Crippen molar-refractivity contribution in [3.8, 4) is 0 Å². The summed E-state index contributed by atoms with van der Waals surface area (Å²) in [6.07, 6.45) is 2.77. The van der Waals surface area contributed by atoms with Crippen molar-refractivity contribution in [1.82, 2.24) is 10.6 Å². The van der Waals surface area contributed by atoms with Crippen molar-refractivity contribution in [2.75, 3.05) is 12.0 Å². The molecule has 0 aromatic carbocycles. The van der Waals surface area contributed by atoms with Gasteiger partial charge in [0.2, 0.25) is 11.8 Å². The van der Waals surface area contributed by atoms with Crippen LogP contribution >= 0.6 is 11.8 Å². The van der Waals surface area contributed by atoms with Gasteiger partial charge in [-0.3, -0.25) is 9.59 Å². The zero-order valence-corrected chi connectivity index (χ0v) is 11.1. The van der Waals surface area contributed by atoms with Crippen LogP contribution in [0.5, 0.6) is 0 Å². The largest absolute Gasteiger partial charge is 0.352 e. The van der Waals surface area contributed by atoms with Crippen LogP contribution in [-0.2, 0) is 9.59 Å². The van der Waals surface area contributed by atoms with E-state index >= 15 is 0 Å². The lowest BCUT2D eigenvalue weighted by atomic mass is 10.2. The van der Waals surface area contributed by atoms with Gasteiger partial charge < -0.3 is 10.6 Å². The summed E-state index contributed by atoms with van der Waals surface area (Å²) < 4.78 is 0. The molecule has 1 aliphatic rings. The first-order valence-corrected chi connectivity index (χ1v) is 6.90. The van der Waals surface area contributed by atoms with Crippen LogP contribution in [-0.4, -0.2) is 35.4 Å². The molecule has 0 aromatic heterocycles. The molecule has 1 saturated carbocycles. The molecule has 0 heterocycles. The lowest BCUT2D eigenvalue weighted by Gasteiger charge is -2.19. The number of carbonyl (C=O) groups is 2. The second-order valence-corrected chi connectivity index (χ2v) is 5.55. The Morgan fingerprint density at radius 2 is 2.12 bits per heavy atom. The Hall–Kier alpha value is -0.710. The van der Waals surface area contributed by atoms with Crippen LogP contribution in [0.2, 0.25) is 0 Å². The highest BCUT2D eigenvalue weighted by Crippen LogP contribution is 2.45. The van der Waals surface area contributed by atoms with Crippen LogP contribution in [0.4, 0.5) is 0 Å². The molecule has 0 aliphatic heterocycles. The molecule has 5 heteroatoms. The van der Waals surface area contributed by atoms with Crippen molar-refractivity contribution in [2.45, 2.75) is 38.8 Å². The number of thioether (sulfide) groups is 1. The predicted octanol–water partition coefficient (Wildman–Crippen LogP) is 0.769. The molecular weight excluding hydrogens is 224 g/mol. The molecular formula is C11H20N2O2S. The molecule has 0 aromatic rings. The first-order chi connectivity index (χ1) is 7.42. The van der Waals surface area contributed by atoms with Crippen LogP contribution in [0.3, 0.4) is 0 Å². The van der Waals surface area contributed by atoms with Gasteiger partial charge in [0.05, 0.1) is 0 Å². The van der Waals surface area contributed by atoms with Crippen LogP contribution in [0.25, 0.3) is 0 Å². The van der Waals surface area contributed by atoms with Gasteiger partial charge in [-0.25, -0.2) is 0 Å². The molecule has 4 nitrogen and oxygen atoms in total. The molecule has 1 fully saturated rings. The highest BCUT2D eigenvalue weighted by Gasteiger charge is 2.60. The highest BCUT2D eigenvalue weighted by molar-refractivity contribution is 7.98. The average Bonchev–Trinajstić information content (AvgIpc) is 2.78. The average molecular weight is 244 g/mol. The van der Waals surface area contributed by atoms with Gasteiger partial charge >= 0.3 is 0 Å². The second kappa shape index (κ2) is 5.08. The Morgan fingerprint density at radius 3 is 2.56 bits per heavy atom. The van der Waals surface area contributed by atoms with E-state index in [0.717, 1.165) is 12.2 Å². The van der Waals surface area contributed by atoms with E-state index in [9.17, 15) is 9.59 Å². The zero-order valence-electron chi connectivity index (χ0n) is 10.3. The Bertz CT molecular complexity index is 294. The quantitative estimate of drug-likeness (QED) is 0.751. The van der Waals surface area contributed by atoms with Crippen molar-refractivity contribution in [2.24, 2.45) is 5.92 Å². The van der Waals surface area contributed by atoms with Gasteiger partial charge in [-0.1, -0.05) is 0 Å². The van der Waals surface area contributed by atoms with Crippen molar-refractivity contribution < 1.29 is 9.59 Å². The van der Waals surface area contributed by atoms with E-state index in [1.54, 1.807) is 11.8 Å². The number of nitrogens with one attached hydrogen (secondary N) is 2. The molecule has 92 valence electrons. The molecule has 0 bridgehead atoms. The minimum absolute atomic E-state index is 0.0447. The molecule has 0 saturated heterocycles. The molecule has 2 N–H and O–H groups in total. The first-order valence-electron chi connectivity index (χ1n) is 5.51. The minimum atomic E-state index is -0.640. The van der Waals surface area contributed by atoms with E-state index in [4.69, 9.17) is 0 Å². The van der Waals surface area contributed by atoms with E-state index in [0.29, 0.717) is 0 Å². The fourth-order valence-corrected chi connectivity index (χ4v) is 2.73. The van der Waals surface area contributed by atoms with Gasteiger partial charge in [-0.2, -0.15) is 11.8 Å². The fraction of sp³-hybridized carbons (Fsp3) is 0.818. The second-order valence-electron chi connectivity index (χ2n) is 4.64. The SMILES string of the molecule is CSC[C@@H]1C[C@]1(NC(C)=O)C(=O)NC(C)C. The Balaban J connectivity index is 2.67. The maximum absolute atomic E-state index is 12.0. The standard InChI is InChI=1S/C11H20N2O2S/c1-7(2)12-10(15)11(13-8(3)14)5-9(11)6-16-4/h7,9H,5-6H2,1-4H3,(H,12,15)(H,13,14)/t9-,11+/m0/s1. The van der Waals surface area contributed by atoms with E-state index in [1.165, 1.54) is 6.92 Å². The summed E-state index contributed by atoms with van der Waals surface area (Å²) in [5.41, 5.74) is -0.640. The summed E-state index contributed by atoms with van der Waals surface area (Å²) in [5, 5.41) is 5.68. The highest BCUT2D eigenvalue weighted by atomic mass is 32.2. The van der Waals surface area contributed by atoms with E-state index in [1.807, 2.05) is 20.1 Å². The van der Waals surface area contributed by atoms with Gasteiger partial charge in [0.1, 0.15) is 5.54 Å². The monoisotopic (exact) mass is 244 g/mol. The number of hydrogen-bond donors (Lipinski definition) is 2. The lowest BCUT2D eigenvalue weighted by molar-refractivity contribution is -0.129. The van der Waals surface area contributed by atoms with Gasteiger partial charge in [0.15, 0.2) is 0 Å².